The van der Waals surface area contributed by atoms with Crippen molar-refractivity contribution in [2.75, 3.05) is 11.9 Å². The maximum atomic E-state index is 13.3. The molecule has 0 saturated carbocycles. The number of amides is 1. The van der Waals surface area contributed by atoms with Gasteiger partial charge in [0.1, 0.15) is 34.7 Å². The molecule has 1 amide bonds. The van der Waals surface area contributed by atoms with Crippen molar-refractivity contribution in [3.63, 3.8) is 0 Å². The summed E-state index contributed by atoms with van der Waals surface area (Å²) in [6.45, 7) is 9.86. The quantitative estimate of drug-likeness (QED) is 0.484. The number of rotatable bonds is 4. The second kappa shape index (κ2) is 7.91. The monoisotopic (exact) mass is 468 g/mol. The largest absolute Gasteiger partial charge is 0.324 e. The number of carbonyl (C=O) groups excluding carboxylic acids is 1. The second-order valence-corrected chi connectivity index (χ2v) is 9.56. The van der Waals surface area contributed by atoms with Crippen LogP contribution in [0.1, 0.15) is 45.0 Å². The highest BCUT2D eigenvalue weighted by Crippen LogP contribution is 2.49. The number of aromatic nitrogens is 6. The first-order valence-electron chi connectivity index (χ1n) is 12.2. The van der Waals surface area contributed by atoms with E-state index < -0.39 is 5.54 Å². The van der Waals surface area contributed by atoms with Crippen LogP contribution in [0, 0.1) is 6.92 Å². The Hall–Kier alpha value is -3.72. The van der Waals surface area contributed by atoms with Crippen LogP contribution in [0.15, 0.2) is 36.9 Å². The molecule has 6 rings (SSSR count). The van der Waals surface area contributed by atoms with Crippen molar-refractivity contribution in [2.24, 2.45) is 0 Å². The van der Waals surface area contributed by atoms with Crippen molar-refractivity contribution >= 4 is 22.8 Å². The number of hydrogen-bond donors (Lipinski definition) is 1. The van der Waals surface area contributed by atoms with Gasteiger partial charge in [0.15, 0.2) is 5.65 Å². The van der Waals surface area contributed by atoms with E-state index in [9.17, 15) is 4.79 Å². The summed E-state index contributed by atoms with van der Waals surface area (Å²) >= 11 is 0. The summed E-state index contributed by atoms with van der Waals surface area (Å²) in [5, 5.41) is 3.13. The predicted octanol–water partition coefficient (Wildman–Crippen LogP) is 3.93. The number of nitrogens with one attached hydrogen (secondary N) is 1. The number of fused-ring (bicyclic) bond motifs is 3. The molecule has 0 bridgehead atoms. The Morgan fingerprint density at radius 1 is 1.11 bits per heavy atom. The Kier molecular flexibility index (Phi) is 4.93. The van der Waals surface area contributed by atoms with Crippen LogP contribution in [0.5, 0.6) is 0 Å². The van der Waals surface area contributed by atoms with Gasteiger partial charge in [-0.25, -0.2) is 24.9 Å². The number of benzene rings is 1. The van der Waals surface area contributed by atoms with Gasteiger partial charge in [-0.05, 0) is 59.2 Å². The summed E-state index contributed by atoms with van der Waals surface area (Å²) in [5.74, 6) is 1.55. The molecule has 2 aliphatic heterocycles. The van der Waals surface area contributed by atoms with Gasteiger partial charge in [-0.15, -0.1) is 0 Å². The van der Waals surface area contributed by atoms with Crippen molar-refractivity contribution in [3.05, 3.63) is 48.3 Å². The zero-order chi connectivity index (χ0) is 24.3. The van der Waals surface area contributed by atoms with E-state index in [0.717, 1.165) is 64.4 Å². The van der Waals surface area contributed by atoms with E-state index in [4.69, 9.17) is 4.98 Å². The fourth-order valence-electron chi connectivity index (χ4n) is 5.74. The van der Waals surface area contributed by atoms with E-state index in [1.54, 1.807) is 18.7 Å². The second-order valence-electron chi connectivity index (χ2n) is 9.56. The Morgan fingerprint density at radius 2 is 1.91 bits per heavy atom. The van der Waals surface area contributed by atoms with Crippen molar-refractivity contribution < 1.29 is 4.79 Å². The van der Waals surface area contributed by atoms with Crippen molar-refractivity contribution in [3.8, 4) is 22.6 Å². The minimum atomic E-state index is -0.626. The van der Waals surface area contributed by atoms with Crippen LogP contribution >= 0.6 is 0 Å². The molecular weight excluding hydrogens is 440 g/mol. The lowest BCUT2D eigenvalue weighted by molar-refractivity contribution is -0.127. The van der Waals surface area contributed by atoms with Gasteiger partial charge >= 0.3 is 0 Å². The molecule has 4 aromatic rings. The molecule has 0 aliphatic carbocycles. The van der Waals surface area contributed by atoms with Crippen LogP contribution in [0.3, 0.4) is 0 Å². The van der Waals surface area contributed by atoms with Crippen LogP contribution in [-0.2, 0) is 16.9 Å². The number of carbonyl (C=O) groups is 1. The first-order chi connectivity index (χ1) is 16.9. The highest BCUT2D eigenvalue weighted by molar-refractivity contribution is 6.07. The summed E-state index contributed by atoms with van der Waals surface area (Å²) < 4.78 is 2.06. The summed E-state index contributed by atoms with van der Waals surface area (Å²) in [7, 11) is 0. The van der Waals surface area contributed by atoms with E-state index in [1.807, 2.05) is 19.1 Å². The number of likely N-dealkylation sites (tertiary alicyclic amines) is 1. The van der Waals surface area contributed by atoms with Gasteiger partial charge < -0.3 is 9.88 Å². The number of nitrogens with zero attached hydrogens (tertiary/aromatic N) is 7. The van der Waals surface area contributed by atoms with E-state index >= 15 is 0 Å². The third-order valence-corrected chi connectivity index (χ3v) is 7.30. The number of aryl methyl sites for hydroxylation is 2. The molecule has 3 aromatic heterocycles. The van der Waals surface area contributed by atoms with Crippen LogP contribution in [0.25, 0.3) is 33.8 Å². The SMILES string of the molecule is CCn1c(-c2cnc(C)nc2)nc2c(-c3ccc4c(c3)[C@]3(CCCN3C(C)C)C(=O)N4)ncnc21. The van der Waals surface area contributed by atoms with Crippen LogP contribution in [-0.4, -0.2) is 52.9 Å². The summed E-state index contributed by atoms with van der Waals surface area (Å²) in [6, 6.07) is 6.39. The third-order valence-electron chi connectivity index (χ3n) is 7.30. The van der Waals surface area contributed by atoms with Gasteiger partial charge in [0, 0.05) is 41.8 Å². The predicted molar refractivity (Wildman–Crippen MR) is 134 cm³/mol. The lowest BCUT2D eigenvalue weighted by Gasteiger charge is -2.36. The smallest absolute Gasteiger partial charge is 0.249 e. The number of hydrogen-bond acceptors (Lipinski definition) is 7. The van der Waals surface area contributed by atoms with Crippen molar-refractivity contribution in [1.29, 1.82) is 0 Å². The highest BCUT2D eigenvalue weighted by atomic mass is 16.2. The molecule has 1 spiro atoms. The van der Waals surface area contributed by atoms with Gasteiger partial charge in [0.05, 0.1) is 5.56 Å². The average molecular weight is 469 g/mol. The van der Waals surface area contributed by atoms with E-state index in [0.29, 0.717) is 12.4 Å². The van der Waals surface area contributed by atoms with E-state index in [1.165, 1.54) is 0 Å². The Labute approximate surface area is 203 Å². The highest BCUT2D eigenvalue weighted by Gasteiger charge is 2.54. The van der Waals surface area contributed by atoms with Gasteiger partial charge in [0.25, 0.3) is 0 Å². The van der Waals surface area contributed by atoms with Crippen molar-refractivity contribution in [1.82, 2.24) is 34.4 Å². The maximum Gasteiger partial charge on any atom is 0.249 e. The van der Waals surface area contributed by atoms with E-state index in [2.05, 4.69) is 61.6 Å². The fraction of sp³-hybridized carbons (Fsp3) is 0.385. The molecule has 0 radical (unpaired) electrons. The van der Waals surface area contributed by atoms with Gasteiger partial charge in [-0.1, -0.05) is 6.07 Å². The molecule has 1 fully saturated rings. The van der Waals surface area contributed by atoms with Crippen molar-refractivity contribution in [2.45, 2.75) is 58.7 Å². The van der Waals surface area contributed by atoms with Crippen LogP contribution in [0.4, 0.5) is 5.69 Å². The Morgan fingerprint density at radius 3 is 2.66 bits per heavy atom. The number of anilines is 1. The molecular formula is C26H28N8O. The van der Waals surface area contributed by atoms with Crippen LogP contribution in [0.2, 0.25) is 0 Å². The molecule has 2 aliphatic rings. The normalized spacial score (nSPS) is 19.7. The lowest BCUT2D eigenvalue weighted by Crippen LogP contribution is -2.49. The average Bonchev–Trinajstić information content (AvgIpc) is 3.54. The summed E-state index contributed by atoms with van der Waals surface area (Å²) in [6.07, 6.45) is 6.98. The van der Waals surface area contributed by atoms with E-state index in [-0.39, 0.29) is 11.9 Å². The summed E-state index contributed by atoms with van der Waals surface area (Å²) in [5.41, 5.74) is 5.29. The third kappa shape index (κ3) is 3.11. The molecule has 1 atom stereocenters. The number of imidazole rings is 1. The summed E-state index contributed by atoms with van der Waals surface area (Å²) in [4.78, 5) is 38.5. The Bertz CT molecular complexity index is 1460. The molecule has 9 heteroatoms. The topological polar surface area (TPSA) is 102 Å². The minimum absolute atomic E-state index is 0.0700. The molecule has 35 heavy (non-hydrogen) atoms. The van der Waals surface area contributed by atoms with Gasteiger partial charge in [-0.3, -0.25) is 9.69 Å². The first-order valence-corrected chi connectivity index (χ1v) is 12.2. The molecule has 1 saturated heterocycles. The molecule has 1 aromatic carbocycles. The molecule has 1 N–H and O–H groups in total. The van der Waals surface area contributed by atoms with Gasteiger partial charge in [-0.2, -0.15) is 0 Å². The molecule has 0 unspecified atom stereocenters. The molecule has 178 valence electrons. The molecule has 5 heterocycles. The zero-order valence-electron chi connectivity index (χ0n) is 20.4. The minimum Gasteiger partial charge on any atom is -0.324 e. The lowest BCUT2D eigenvalue weighted by atomic mass is 9.86. The molecule has 9 nitrogen and oxygen atoms in total. The van der Waals surface area contributed by atoms with Gasteiger partial charge in [0.2, 0.25) is 5.91 Å². The fourth-order valence-corrected chi connectivity index (χ4v) is 5.74. The van der Waals surface area contributed by atoms with Crippen LogP contribution < -0.4 is 5.32 Å². The maximum absolute atomic E-state index is 13.3. The first kappa shape index (κ1) is 21.8. The zero-order valence-corrected chi connectivity index (χ0v) is 20.4. The Balaban J connectivity index is 1.53. The standard InChI is InChI=1S/C26H28N8O/c1-5-33-23(18-12-27-16(4)28-13-18)32-22-21(29-14-30-24(22)33)17-7-8-20-19(11-17)26(25(35)31-20)9-6-10-34(26)15(2)3/h7-8,11-15H,5-6,9-10H2,1-4H3,(H,31,35)/t26-/m1/s1.